The summed E-state index contributed by atoms with van der Waals surface area (Å²) in [5.74, 6) is 0.611. The number of nitrogens with zero attached hydrogens (tertiary/aromatic N) is 2. The number of hydrogen-bond donors (Lipinski definition) is 2. The highest BCUT2D eigenvalue weighted by Crippen LogP contribution is 2.40. The van der Waals surface area contributed by atoms with Crippen molar-refractivity contribution in [3.05, 3.63) is 10.4 Å². The van der Waals surface area contributed by atoms with E-state index in [0.29, 0.717) is 5.82 Å². The molecule has 0 saturated heterocycles. The predicted molar refractivity (Wildman–Crippen MR) is 54.0 cm³/mol. The average molecular weight is 208 g/mol. The summed E-state index contributed by atoms with van der Waals surface area (Å²) in [5, 5.41) is 2.72. The summed E-state index contributed by atoms with van der Waals surface area (Å²) >= 11 is 1.49. The summed E-state index contributed by atoms with van der Waals surface area (Å²) < 4.78 is 19.9. The maximum Gasteiger partial charge on any atom is 0.157 e. The molecule has 0 aromatic carbocycles. The molecule has 0 radical (unpaired) electrons. The molecule has 4 nitrogen and oxygen atoms in total. The molecule has 0 fully saturated rings. The van der Waals surface area contributed by atoms with Gasteiger partial charge in [0.2, 0.25) is 0 Å². The molecule has 0 amide bonds. The van der Waals surface area contributed by atoms with E-state index >= 15 is 0 Å². The fraction of sp³-hybridized carbons (Fsp3) is 0.500. The standard InChI is InChI=1S/C6H12N2O2S2/c1-5-7-6(4-11-5)8(2)12(3,9)10/h4,9-10H,1-3H3. The maximum atomic E-state index is 9.28. The van der Waals surface area contributed by atoms with E-state index in [-0.39, 0.29) is 0 Å². The van der Waals surface area contributed by atoms with E-state index in [0.717, 1.165) is 5.01 Å². The Bertz CT molecular complexity index is 269. The van der Waals surface area contributed by atoms with Crippen molar-refractivity contribution >= 4 is 27.9 Å². The molecule has 6 heteroatoms. The molecule has 1 heterocycles. The van der Waals surface area contributed by atoms with E-state index in [9.17, 15) is 9.11 Å². The molecule has 2 N–H and O–H groups in total. The molecule has 0 atom stereocenters. The summed E-state index contributed by atoms with van der Waals surface area (Å²) in [6.07, 6.45) is 1.38. The highest BCUT2D eigenvalue weighted by atomic mass is 32.3. The van der Waals surface area contributed by atoms with Crippen molar-refractivity contribution in [2.24, 2.45) is 0 Å². The Morgan fingerprint density at radius 1 is 1.58 bits per heavy atom. The molecule has 70 valence electrons. The minimum Gasteiger partial charge on any atom is -0.282 e. The topological polar surface area (TPSA) is 56.6 Å². The Balaban J connectivity index is 2.85. The lowest BCUT2D eigenvalue weighted by Gasteiger charge is -2.36. The largest absolute Gasteiger partial charge is 0.282 e. The van der Waals surface area contributed by atoms with Gasteiger partial charge in [-0.25, -0.2) is 4.98 Å². The second-order valence-corrected chi connectivity index (χ2v) is 5.71. The molecule has 0 aliphatic heterocycles. The zero-order valence-corrected chi connectivity index (χ0v) is 8.82. The minimum atomic E-state index is -2.67. The van der Waals surface area contributed by atoms with Gasteiger partial charge in [0.15, 0.2) is 5.82 Å². The summed E-state index contributed by atoms with van der Waals surface area (Å²) in [6, 6.07) is 0. The summed E-state index contributed by atoms with van der Waals surface area (Å²) in [5.41, 5.74) is 0. The molecule has 0 aliphatic carbocycles. The van der Waals surface area contributed by atoms with Crippen LogP contribution < -0.4 is 4.31 Å². The highest BCUT2D eigenvalue weighted by Gasteiger charge is 2.14. The van der Waals surface area contributed by atoms with Crippen LogP contribution in [0.4, 0.5) is 5.82 Å². The van der Waals surface area contributed by atoms with Gasteiger partial charge in [0, 0.05) is 18.7 Å². The fourth-order valence-corrected chi connectivity index (χ4v) is 1.82. The lowest BCUT2D eigenvalue weighted by Crippen LogP contribution is -2.21. The van der Waals surface area contributed by atoms with Gasteiger partial charge in [-0.1, -0.05) is 0 Å². The highest BCUT2D eigenvalue weighted by molar-refractivity contribution is 8.24. The van der Waals surface area contributed by atoms with E-state index in [4.69, 9.17) is 0 Å². The lowest BCUT2D eigenvalue weighted by molar-refractivity contribution is 0.492. The molecule has 1 aromatic rings. The second kappa shape index (κ2) is 3.21. The number of rotatable bonds is 2. The first-order chi connectivity index (χ1) is 5.41. The zero-order chi connectivity index (χ0) is 9.35. The van der Waals surface area contributed by atoms with Crippen molar-refractivity contribution in [1.82, 2.24) is 4.98 Å². The van der Waals surface area contributed by atoms with Crippen LogP contribution in [0.2, 0.25) is 0 Å². The van der Waals surface area contributed by atoms with Crippen LogP contribution in [0.25, 0.3) is 0 Å². The quantitative estimate of drug-likeness (QED) is 0.782. The van der Waals surface area contributed by atoms with Crippen molar-refractivity contribution in [3.63, 3.8) is 0 Å². The Kier molecular flexibility index (Phi) is 2.62. The van der Waals surface area contributed by atoms with Gasteiger partial charge in [-0.2, -0.15) is 0 Å². The van der Waals surface area contributed by atoms with Crippen molar-refractivity contribution in [1.29, 1.82) is 0 Å². The van der Waals surface area contributed by atoms with Crippen molar-refractivity contribution in [2.75, 3.05) is 17.6 Å². The maximum absolute atomic E-state index is 9.28. The van der Waals surface area contributed by atoms with E-state index in [1.807, 2.05) is 6.92 Å². The van der Waals surface area contributed by atoms with Crippen LogP contribution in [0.5, 0.6) is 0 Å². The first-order valence-corrected chi connectivity index (χ1v) is 6.09. The molecule has 0 aliphatic rings. The SMILES string of the molecule is Cc1nc(N(C)S(C)(O)O)cs1. The molecular weight excluding hydrogens is 196 g/mol. The molecule has 0 saturated carbocycles. The number of aromatic nitrogens is 1. The van der Waals surface area contributed by atoms with Gasteiger partial charge in [0.05, 0.1) is 5.01 Å². The average Bonchev–Trinajstić information content (AvgIpc) is 2.32. The third-order valence-electron chi connectivity index (χ3n) is 1.45. The fourth-order valence-electron chi connectivity index (χ4n) is 0.674. The van der Waals surface area contributed by atoms with Crippen LogP contribution in [0, 0.1) is 6.92 Å². The summed E-state index contributed by atoms with van der Waals surface area (Å²) in [6.45, 7) is 1.88. The smallest absolute Gasteiger partial charge is 0.157 e. The first kappa shape index (κ1) is 9.79. The molecule has 0 bridgehead atoms. The number of aryl methyl sites for hydroxylation is 1. The Morgan fingerprint density at radius 3 is 2.50 bits per heavy atom. The van der Waals surface area contributed by atoms with Gasteiger partial charge in [0.1, 0.15) is 0 Å². The Labute approximate surface area is 77.3 Å². The third-order valence-corrected chi connectivity index (χ3v) is 3.43. The molecule has 1 rings (SSSR count). The molecule has 1 aromatic heterocycles. The first-order valence-electron chi connectivity index (χ1n) is 3.30. The van der Waals surface area contributed by atoms with Crippen LogP contribution in [0.3, 0.4) is 0 Å². The van der Waals surface area contributed by atoms with Crippen LogP contribution in [0.1, 0.15) is 5.01 Å². The van der Waals surface area contributed by atoms with Crippen molar-refractivity contribution in [2.45, 2.75) is 6.92 Å². The van der Waals surface area contributed by atoms with Gasteiger partial charge >= 0.3 is 0 Å². The van der Waals surface area contributed by atoms with E-state index < -0.39 is 10.8 Å². The second-order valence-electron chi connectivity index (χ2n) is 2.51. The Hall–Kier alpha value is -0.300. The summed E-state index contributed by atoms with van der Waals surface area (Å²) in [7, 11) is -1.05. The predicted octanol–water partition coefficient (Wildman–Crippen LogP) is 2.18. The number of anilines is 1. The molecule has 0 unspecified atom stereocenters. The van der Waals surface area contributed by atoms with Crippen LogP contribution in [-0.2, 0) is 0 Å². The van der Waals surface area contributed by atoms with E-state index in [1.54, 1.807) is 12.4 Å². The normalized spacial score (nSPS) is 13.1. The van der Waals surface area contributed by atoms with Crippen LogP contribution in [-0.4, -0.2) is 27.4 Å². The minimum absolute atomic E-state index is 0.611. The zero-order valence-electron chi connectivity index (χ0n) is 7.18. The van der Waals surface area contributed by atoms with Crippen molar-refractivity contribution < 1.29 is 9.11 Å². The summed E-state index contributed by atoms with van der Waals surface area (Å²) in [4.78, 5) is 4.12. The number of thiazole rings is 1. The lowest BCUT2D eigenvalue weighted by atomic mass is 10.7. The monoisotopic (exact) mass is 208 g/mol. The van der Waals surface area contributed by atoms with Crippen molar-refractivity contribution in [3.8, 4) is 0 Å². The van der Waals surface area contributed by atoms with Gasteiger partial charge in [-0.3, -0.25) is 13.4 Å². The third kappa shape index (κ3) is 2.10. The van der Waals surface area contributed by atoms with Gasteiger partial charge in [-0.15, -0.1) is 22.1 Å². The van der Waals surface area contributed by atoms with Gasteiger partial charge in [-0.05, 0) is 6.92 Å². The van der Waals surface area contributed by atoms with Gasteiger partial charge in [0.25, 0.3) is 0 Å². The molecule has 12 heavy (non-hydrogen) atoms. The Morgan fingerprint density at radius 2 is 2.17 bits per heavy atom. The van der Waals surface area contributed by atoms with Gasteiger partial charge < -0.3 is 0 Å². The van der Waals surface area contributed by atoms with Crippen LogP contribution >= 0.6 is 22.1 Å². The number of hydrogen-bond acceptors (Lipinski definition) is 5. The molecular formula is C6H12N2O2S2. The van der Waals surface area contributed by atoms with Crippen LogP contribution in [0.15, 0.2) is 5.38 Å². The van der Waals surface area contributed by atoms with E-state index in [2.05, 4.69) is 4.98 Å². The van der Waals surface area contributed by atoms with E-state index in [1.165, 1.54) is 21.9 Å². The molecule has 0 spiro atoms.